The van der Waals surface area contributed by atoms with Crippen molar-refractivity contribution in [2.24, 2.45) is 0 Å². The van der Waals surface area contributed by atoms with Crippen molar-refractivity contribution < 1.29 is 14.3 Å². The molecule has 0 bridgehead atoms. The lowest BCUT2D eigenvalue weighted by Gasteiger charge is -2.28. The fourth-order valence-electron chi connectivity index (χ4n) is 2.36. The van der Waals surface area contributed by atoms with Gasteiger partial charge >= 0.3 is 0 Å². The van der Waals surface area contributed by atoms with Gasteiger partial charge in [-0.25, -0.2) is 0 Å². The summed E-state index contributed by atoms with van der Waals surface area (Å²) in [5.41, 5.74) is 0.935. The van der Waals surface area contributed by atoms with Gasteiger partial charge < -0.3 is 15.0 Å². The maximum atomic E-state index is 12.7. The summed E-state index contributed by atoms with van der Waals surface area (Å²) in [6.45, 7) is 1.81. The van der Waals surface area contributed by atoms with Crippen molar-refractivity contribution in [1.82, 2.24) is 10.2 Å². The maximum Gasteiger partial charge on any atom is 0.261 e. The molecule has 0 aromatic heterocycles. The molecule has 5 nitrogen and oxygen atoms in total. The topological polar surface area (TPSA) is 58.6 Å². The third-order valence-corrected chi connectivity index (χ3v) is 4.11. The Balaban J connectivity index is 2.11. The van der Waals surface area contributed by atoms with Crippen molar-refractivity contribution in [3.05, 3.63) is 65.2 Å². The zero-order valence-corrected chi connectivity index (χ0v) is 15.0. The molecule has 0 saturated heterocycles. The van der Waals surface area contributed by atoms with Crippen LogP contribution < -0.4 is 10.1 Å². The Morgan fingerprint density at radius 2 is 1.76 bits per heavy atom. The van der Waals surface area contributed by atoms with Gasteiger partial charge in [0.25, 0.3) is 5.91 Å². The van der Waals surface area contributed by atoms with Crippen molar-refractivity contribution in [1.29, 1.82) is 0 Å². The van der Waals surface area contributed by atoms with E-state index in [-0.39, 0.29) is 18.4 Å². The van der Waals surface area contributed by atoms with Gasteiger partial charge in [-0.3, -0.25) is 9.59 Å². The third kappa shape index (κ3) is 5.22. The number of carbonyl (C=O) groups is 2. The molecule has 0 aliphatic carbocycles. The highest BCUT2D eigenvalue weighted by molar-refractivity contribution is 6.32. The number of ether oxygens (including phenoxy) is 1. The number of carbonyl (C=O) groups excluding carboxylic acids is 2. The second-order valence-electron chi connectivity index (χ2n) is 5.52. The number of nitrogens with zero attached hydrogens (tertiary/aromatic N) is 1. The minimum Gasteiger partial charge on any atom is -0.482 e. The summed E-state index contributed by atoms with van der Waals surface area (Å²) in [4.78, 5) is 26.2. The number of halogens is 1. The molecule has 0 spiro atoms. The Kier molecular flexibility index (Phi) is 6.83. The molecule has 0 saturated carbocycles. The van der Waals surface area contributed by atoms with Crippen LogP contribution in [0.1, 0.15) is 12.5 Å². The van der Waals surface area contributed by atoms with E-state index in [0.717, 1.165) is 5.56 Å². The Bertz CT molecular complexity index is 722. The third-order valence-electron chi connectivity index (χ3n) is 3.80. The Hall–Kier alpha value is -2.53. The molecule has 25 heavy (non-hydrogen) atoms. The van der Waals surface area contributed by atoms with Crippen LogP contribution in [0.5, 0.6) is 5.75 Å². The molecule has 0 aliphatic rings. The van der Waals surface area contributed by atoms with Gasteiger partial charge in [-0.05, 0) is 24.6 Å². The summed E-state index contributed by atoms with van der Waals surface area (Å²) in [6, 6.07) is 15.8. The SMILES string of the molecule is CNC(=O)[C@H](C)N(Cc1ccccc1)C(=O)COc1ccccc1Cl. The molecule has 0 aliphatic heterocycles. The molecule has 0 unspecified atom stereocenters. The molecule has 1 N–H and O–H groups in total. The zero-order valence-electron chi connectivity index (χ0n) is 14.2. The first kappa shape index (κ1) is 18.8. The average Bonchev–Trinajstić information content (AvgIpc) is 2.64. The minimum absolute atomic E-state index is 0.197. The number of hydrogen-bond acceptors (Lipinski definition) is 3. The molecule has 0 heterocycles. The second-order valence-corrected chi connectivity index (χ2v) is 5.92. The van der Waals surface area contributed by atoms with Crippen LogP contribution in [0.25, 0.3) is 0 Å². The summed E-state index contributed by atoms with van der Waals surface area (Å²) >= 11 is 6.04. The molecular formula is C19H21ClN2O3. The largest absolute Gasteiger partial charge is 0.482 e. The quantitative estimate of drug-likeness (QED) is 0.826. The molecule has 2 aromatic rings. The summed E-state index contributed by atoms with van der Waals surface area (Å²) in [6.07, 6.45) is 0. The molecule has 2 aromatic carbocycles. The van der Waals surface area contributed by atoms with Gasteiger partial charge in [0.1, 0.15) is 11.8 Å². The first-order valence-corrected chi connectivity index (χ1v) is 8.33. The minimum atomic E-state index is -0.618. The number of likely N-dealkylation sites (N-methyl/N-ethyl adjacent to an activating group) is 1. The van der Waals surface area contributed by atoms with Crippen molar-refractivity contribution in [3.63, 3.8) is 0 Å². The maximum absolute atomic E-state index is 12.7. The molecule has 0 radical (unpaired) electrons. The van der Waals surface area contributed by atoms with Crippen LogP contribution in [-0.4, -0.2) is 36.4 Å². The van der Waals surface area contributed by atoms with Crippen LogP contribution in [0, 0.1) is 0 Å². The van der Waals surface area contributed by atoms with E-state index in [9.17, 15) is 9.59 Å². The highest BCUT2D eigenvalue weighted by Gasteiger charge is 2.25. The normalized spacial score (nSPS) is 11.5. The van der Waals surface area contributed by atoms with Gasteiger partial charge in [-0.2, -0.15) is 0 Å². The molecule has 1 atom stereocenters. The van der Waals surface area contributed by atoms with E-state index in [0.29, 0.717) is 17.3 Å². The van der Waals surface area contributed by atoms with Crippen LogP contribution in [-0.2, 0) is 16.1 Å². The lowest BCUT2D eigenvalue weighted by molar-refractivity contribution is -0.142. The van der Waals surface area contributed by atoms with Crippen molar-refractivity contribution in [2.45, 2.75) is 19.5 Å². The van der Waals surface area contributed by atoms with E-state index in [2.05, 4.69) is 5.32 Å². The smallest absolute Gasteiger partial charge is 0.261 e. The zero-order chi connectivity index (χ0) is 18.2. The molecule has 2 rings (SSSR count). The summed E-state index contributed by atoms with van der Waals surface area (Å²) in [7, 11) is 1.55. The van der Waals surface area contributed by atoms with E-state index in [1.807, 2.05) is 30.3 Å². The molecule has 2 amide bonds. The number of rotatable bonds is 7. The summed E-state index contributed by atoms with van der Waals surface area (Å²) in [5.74, 6) is -0.0910. The first-order chi connectivity index (χ1) is 12.0. The monoisotopic (exact) mass is 360 g/mol. The summed E-state index contributed by atoms with van der Waals surface area (Å²) < 4.78 is 5.53. The van der Waals surface area contributed by atoms with Gasteiger partial charge in [-0.1, -0.05) is 54.1 Å². The number of benzene rings is 2. The Morgan fingerprint density at radius 1 is 1.12 bits per heavy atom. The second kappa shape index (κ2) is 9.08. The molecule has 132 valence electrons. The number of amides is 2. The molecular weight excluding hydrogens is 340 g/mol. The van der Waals surface area contributed by atoms with Gasteiger partial charge in [0.2, 0.25) is 5.91 Å². The Labute approximate surface area is 152 Å². The van der Waals surface area contributed by atoms with E-state index in [4.69, 9.17) is 16.3 Å². The van der Waals surface area contributed by atoms with Crippen molar-refractivity contribution >= 4 is 23.4 Å². The van der Waals surface area contributed by atoms with E-state index in [1.165, 1.54) is 4.90 Å². The van der Waals surface area contributed by atoms with Crippen LogP contribution in [0.3, 0.4) is 0 Å². The first-order valence-electron chi connectivity index (χ1n) is 7.95. The highest BCUT2D eigenvalue weighted by Crippen LogP contribution is 2.23. The molecule has 6 heteroatoms. The fourth-order valence-corrected chi connectivity index (χ4v) is 2.55. The average molecular weight is 361 g/mol. The fraction of sp³-hybridized carbons (Fsp3) is 0.263. The van der Waals surface area contributed by atoms with Crippen LogP contribution >= 0.6 is 11.6 Å². The van der Waals surface area contributed by atoms with Crippen LogP contribution in [0.15, 0.2) is 54.6 Å². The number of hydrogen-bond donors (Lipinski definition) is 1. The van der Waals surface area contributed by atoms with E-state index >= 15 is 0 Å². The number of nitrogens with one attached hydrogen (secondary N) is 1. The predicted molar refractivity (Wildman–Crippen MR) is 97.5 cm³/mol. The van der Waals surface area contributed by atoms with Gasteiger partial charge in [0, 0.05) is 13.6 Å². The lowest BCUT2D eigenvalue weighted by Crippen LogP contribution is -2.48. The number of para-hydroxylation sites is 1. The molecule has 0 fully saturated rings. The predicted octanol–water partition coefficient (Wildman–Crippen LogP) is 2.88. The van der Waals surface area contributed by atoms with Crippen molar-refractivity contribution in [3.8, 4) is 5.75 Å². The highest BCUT2D eigenvalue weighted by atomic mass is 35.5. The van der Waals surface area contributed by atoms with Gasteiger partial charge in [-0.15, -0.1) is 0 Å². The van der Waals surface area contributed by atoms with E-state index < -0.39 is 6.04 Å². The van der Waals surface area contributed by atoms with Gasteiger partial charge in [0.15, 0.2) is 6.61 Å². The van der Waals surface area contributed by atoms with Gasteiger partial charge in [0.05, 0.1) is 5.02 Å². The van der Waals surface area contributed by atoms with Crippen LogP contribution in [0.2, 0.25) is 5.02 Å². The summed E-state index contributed by atoms with van der Waals surface area (Å²) in [5, 5.41) is 3.01. The van der Waals surface area contributed by atoms with Crippen molar-refractivity contribution in [2.75, 3.05) is 13.7 Å². The van der Waals surface area contributed by atoms with E-state index in [1.54, 1.807) is 38.2 Å². The standard InChI is InChI=1S/C19H21ClN2O3/c1-14(19(24)21-2)22(12-15-8-4-3-5-9-15)18(23)13-25-17-11-7-6-10-16(17)20/h3-11,14H,12-13H2,1-2H3,(H,21,24)/t14-/m0/s1. The lowest BCUT2D eigenvalue weighted by atomic mass is 10.1. The Morgan fingerprint density at radius 3 is 2.40 bits per heavy atom. The van der Waals surface area contributed by atoms with Crippen LogP contribution in [0.4, 0.5) is 0 Å².